The summed E-state index contributed by atoms with van der Waals surface area (Å²) in [6, 6.07) is 9.14. The number of carbonyl (C=O) groups is 1. The Labute approximate surface area is 116 Å². The van der Waals surface area contributed by atoms with E-state index in [2.05, 4.69) is 5.32 Å². The molecule has 0 saturated carbocycles. The number of amides is 1. The van der Waals surface area contributed by atoms with E-state index in [9.17, 15) is 9.18 Å². The first-order valence-electron chi connectivity index (χ1n) is 6.02. The summed E-state index contributed by atoms with van der Waals surface area (Å²) in [6.45, 7) is 1.88. The topological polar surface area (TPSA) is 64.3 Å². The number of nitrogens with one attached hydrogen (secondary N) is 1. The molecule has 5 heteroatoms. The fraction of sp³-hybridized carbons (Fsp3) is 0.133. The van der Waals surface area contributed by atoms with Gasteiger partial charge < -0.3 is 15.8 Å². The summed E-state index contributed by atoms with van der Waals surface area (Å²) < 4.78 is 18.8. The molecule has 0 saturated heterocycles. The highest BCUT2D eigenvalue weighted by molar-refractivity contribution is 6.04. The van der Waals surface area contributed by atoms with Crippen molar-refractivity contribution in [2.75, 3.05) is 18.2 Å². The van der Waals surface area contributed by atoms with E-state index >= 15 is 0 Å². The van der Waals surface area contributed by atoms with Crippen molar-refractivity contribution in [2.45, 2.75) is 6.92 Å². The lowest BCUT2D eigenvalue weighted by molar-refractivity contribution is 0.102. The highest BCUT2D eigenvalue weighted by Gasteiger charge is 2.11. The van der Waals surface area contributed by atoms with Gasteiger partial charge in [-0.1, -0.05) is 6.07 Å². The van der Waals surface area contributed by atoms with Crippen molar-refractivity contribution in [2.24, 2.45) is 0 Å². The number of halogens is 1. The number of hydrogen-bond acceptors (Lipinski definition) is 3. The largest absolute Gasteiger partial charge is 0.496 e. The van der Waals surface area contributed by atoms with Crippen LogP contribution in [-0.2, 0) is 0 Å². The van der Waals surface area contributed by atoms with Gasteiger partial charge in [0.15, 0.2) is 0 Å². The number of nitrogen functional groups attached to an aromatic ring is 1. The summed E-state index contributed by atoms with van der Waals surface area (Å²) in [4.78, 5) is 12.1. The molecular formula is C15H15FN2O2. The number of benzene rings is 2. The molecule has 0 aliphatic heterocycles. The molecule has 0 radical (unpaired) electrons. The maximum absolute atomic E-state index is 13.6. The second-order valence-electron chi connectivity index (χ2n) is 4.38. The van der Waals surface area contributed by atoms with Crippen molar-refractivity contribution in [3.63, 3.8) is 0 Å². The summed E-state index contributed by atoms with van der Waals surface area (Å²) in [6.07, 6.45) is 0. The molecule has 0 heterocycles. The van der Waals surface area contributed by atoms with Crippen LogP contribution in [0.4, 0.5) is 15.8 Å². The Balaban J connectivity index is 2.24. The van der Waals surface area contributed by atoms with Crippen LogP contribution in [0.5, 0.6) is 5.75 Å². The third-order valence-corrected chi connectivity index (χ3v) is 2.91. The summed E-state index contributed by atoms with van der Waals surface area (Å²) in [5.41, 5.74) is 7.16. The molecule has 0 aliphatic rings. The van der Waals surface area contributed by atoms with E-state index in [-0.39, 0.29) is 5.69 Å². The number of aryl methyl sites for hydroxylation is 1. The maximum Gasteiger partial charge on any atom is 0.255 e. The molecule has 2 aromatic rings. The average Bonchev–Trinajstić information content (AvgIpc) is 2.42. The van der Waals surface area contributed by atoms with Crippen molar-refractivity contribution in [3.05, 3.63) is 53.3 Å². The van der Waals surface area contributed by atoms with Crippen LogP contribution in [-0.4, -0.2) is 13.0 Å². The van der Waals surface area contributed by atoms with Gasteiger partial charge in [0.2, 0.25) is 0 Å². The fourth-order valence-electron chi connectivity index (χ4n) is 1.79. The zero-order valence-corrected chi connectivity index (χ0v) is 11.2. The van der Waals surface area contributed by atoms with Gasteiger partial charge in [0, 0.05) is 11.3 Å². The van der Waals surface area contributed by atoms with Crippen LogP contribution in [0.15, 0.2) is 36.4 Å². The van der Waals surface area contributed by atoms with Gasteiger partial charge in [-0.25, -0.2) is 4.39 Å². The molecule has 0 unspecified atom stereocenters. The summed E-state index contributed by atoms with van der Waals surface area (Å²) in [5, 5.41) is 2.50. The van der Waals surface area contributed by atoms with Crippen molar-refractivity contribution in [1.29, 1.82) is 0 Å². The predicted molar refractivity (Wildman–Crippen MR) is 76.5 cm³/mol. The third kappa shape index (κ3) is 2.88. The zero-order chi connectivity index (χ0) is 14.7. The minimum atomic E-state index is -0.572. The minimum absolute atomic E-state index is 0.0868. The molecule has 4 nitrogen and oxygen atoms in total. The number of methoxy groups -OCH3 is 1. The van der Waals surface area contributed by atoms with Crippen LogP contribution in [0.2, 0.25) is 0 Å². The van der Waals surface area contributed by atoms with Gasteiger partial charge in [-0.2, -0.15) is 0 Å². The highest BCUT2D eigenvalue weighted by atomic mass is 19.1. The van der Waals surface area contributed by atoms with Gasteiger partial charge in [-0.3, -0.25) is 4.79 Å². The van der Waals surface area contributed by atoms with Crippen molar-refractivity contribution >= 4 is 17.3 Å². The lowest BCUT2D eigenvalue weighted by Gasteiger charge is -2.09. The first-order chi connectivity index (χ1) is 9.51. The molecule has 2 rings (SSSR count). The Morgan fingerprint density at radius 3 is 2.65 bits per heavy atom. The van der Waals surface area contributed by atoms with Crippen LogP contribution >= 0.6 is 0 Å². The van der Waals surface area contributed by atoms with E-state index in [0.29, 0.717) is 17.0 Å². The molecule has 0 fully saturated rings. The quantitative estimate of drug-likeness (QED) is 0.846. The standard InChI is InChI=1S/C15H15FN2O2/c1-9-3-4-10(7-14(9)20-2)15(19)18-13-6-5-11(17)8-12(13)16/h3-8H,17H2,1-2H3,(H,18,19). The molecule has 104 valence electrons. The second kappa shape index (κ2) is 5.61. The Hall–Kier alpha value is -2.56. The van der Waals surface area contributed by atoms with Crippen molar-refractivity contribution < 1.29 is 13.9 Å². The number of rotatable bonds is 3. The van der Waals surface area contributed by atoms with E-state index in [4.69, 9.17) is 10.5 Å². The Kier molecular flexibility index (Phi) is 3.89. The summed E-state index contributed by atoms with van der Waals surface area (Å²) in [7, 11) is 1.53. The van der Waals surface area contributed by atoms with Crippen LogP contribution in [0.3, 0.4) is 0 Å². The Morgan fingerprint density at radius 2 is 2.00 bits per heavy atom. The lowest BCUT2D eigenvalue weighted by Crippen LogP contribution is -2.13. The van der Waals surface area contributed by atoms with Gasteiger partial charge in [0.1, 0.15) is 11.6 Å². The summed E-state index contributed by atoms with van der Waals surface area (Å²) in [5.74, 6) is -0.375. The van der Waals surface area contributed by atoms with Crippen molar-refractivity contribution in [3.8, 4) is 5.75 Å². The average molecular weight is 274 g/mol. The number of nitrogens with two attached hydrogens (primary N) is 1. The van der Waals surface area contributed by atoms with Crippen LogP contribution in [0.1, 0.15) is 15.9 Å². The van der Waals surface area contributed by atoms with E-state index < -0.39 is 11.7 Å². The van der Waals surface area contributed by atoms with Gasteiger partial charge in [0.25, 0.3) is 5.91 Å². The Morgan fingerprint density at radius 1 is 1.25 bits per heavy atom. The normalized spacial score (nSPS) is 10.2. The van der Waals surface area contributed by atoms with Crippen LogP contribution in [0, 0.1) is 12.7 Å². The highest BCUT2D eigenvalue weighted by Crippen LogP contribution is 2.21. The van der Waals surface area contributed by atoms with Gasteiger partial charge in [0.05, 0.1) is 12.8 Å². The molecule has 0 aromatic heterocycles. The van der Waals surface area contributed by atoms with E-state index in [1.807, 2.05) is 6.92 Å². The molecule has 0 atom stereocenters. The molecule has 20 heavy (non-hydrogen) atoms. The fourth-order valence-corrected chi connectivity index (χ4v) is 1.79. The number of hydrogen-bond donors (Lipinski definition) is 2. The molecule has 0 bridgehead atoms. The van der Waals surface area contributed by atoms with E-state index in [0.717, 1.165) is 11.6 Å². The first-order valence-corrected chi connectivity index (χ1v) is 6.02. The predicted octanol–water partition coefficient (Wildman–Crippen LogP) is 2.98. The number of ether oxygens (including phenoxy) is 1. The van der Waals surface area contributed by atoms with Crippen molar-refractivity contribution in [1.82, 2.24) is 0 Å². The monoisotopic (exact) mass is 274 g/mol. The third-order valence-electron chi connectivity index (χ3n) is 2.91. The SMILES string of the molecule is COc1cc(C(=O)Nc2ccc(N)cc2F)ccc1C. The Bertz CT molecular complexity index is 656. The van der Waals surface area contributed by atoms with Gasteiger partial charge in [-0.05, 0) is 42.8 Å². The van der Waals surface area contributed by atoms with Crippen LogP contribution < -0.4 is 15.8 Å². The molecular weight excluding hydrogens is 259 g/mol. The lowest BCUT2D eigenvalue weighted by atomic mass is 10.1. The minimum Gasteiger partial charge on any atom is -0.496 e. The van der Waals surface area contributed by atoms with E-state index in [1.54, 1.807) is 18.2 Å². The smallest absolute Gasteiger partial charge is 0.255 e. The molecule has 0 spiro atoms. The molecule has 3 N–H and O–H groups in total. The second-order valence-corrected chi connectivity index (χ2v) is 4.38. The molecule has 2 aromatic carbocycles. The number of carbonyl (C=O) groups excluding carboxylic acids is 1. The zero-order valence-electron chi connectivity index (χ0n) is 11.2. The maximum atomic E-state index is 13.6. The van der Waals surface area contributed by atoms with Gasteiger partial charge in [-0.15, -0.1) is 0 Å². The first kappa shape index (κ1) is 13.9. The molecule has 0 aliphatic carbocycles. The van der Waals surface area contributed by atoms with Gasteiger partial charge >= 0.3 is 0 Å². The van der Waals surface area contributed by atoms with E-state index in [1.165, 1.54) is 19.2 Å². The number of anilines is 2. The molecule has 1 amide bonds. The summed E-state index contributed by atoms with van der Waals surface area (Å²) >= 11 is 0. The van der Waals surface area contributed by atoms with Crippen LogP contribution in [0.25, 0.3) is 0 Å².